The number of carbonyl (C=O) groups is 2. The lowest BCUT2D eigenvalue weighted by Gasteiger charge is -2.36. The van der Waals surface area contributed by atoms with E-state index in [0.717, 1.165) is 0 Å². The van der Waals surface area contributed by atoms with E-state index in [9.17, 15) is 9.59 Å². The molecule has 2 unspecified atom stereocenters. The number of hydrogen-bond donors (Lipinski definition) is 2. The van der Waals surface area contributed by atoms with Crippen LogP contribution in [0.1, 0.15) is 33.1 Å². The summed E-state index contributed by atoms with van der Waals surface area (Å²) in [4.78, 5) is 22.5. The van der Waals surface area contributed by atoms with Gasteiger partial charge in [-0.05, 0) is 25.9 Å². The third-order valence-corrected chi connectivity index (χ3v) is 3.72. The van der Waals surface area contributed by atoms with E-state index >= 15 is 0 Å². The van der Waals surface area contributed by atoms with Gasteiger partial charge in [0.25, 0.3) is 0 Å². The molecular weight excluding hydrogens is 256 g/mol. The topological polar surface area (TPSA) is 106 Å². The van der Waals surface area contributed by atoms with Crippen molar-refractivity contribution >= 4 is 11.8 Å². The van der Waals surface area contributed by atoms with Gasteiger partial charge < -0.3 is 5.32 Å². The summed E-state index contributed by atoms with van der Waals surface area (Å²) in [6, 6.07) is 3.63. The molecule has 0 aliphatic carbocycles. The van der Waals surface area contributed by atoms with E-state index in [1.807, 2.05) is 17.5 Å². The molecule has 2 N–H and O–H groups in total. The van der Waals surface area contributed by atoms with Crippen molar-refractivity contribution in [2.75, 3.05) is 13.1 Å². The van der Waals surface area contributed by atoms with Gasteiger partial charge in [0.05, 0.1) is 12.1 Å². The average Bonchev–Trinajstić information content (AvgIpc) is 2.41. The van der Waals surface area contributed by atoms with E-state index in [2.05, 4.69) is 5.32 Å². The zero-order valence-electron chi connectivity index (χ0n) is 11.9. The Morgan fingerprint density at radius 3 is 1.70 bits per heavy atom. The lowest BCUT2D eigenvalue weighted by atomic mass is 9.67. The molecule has 2 atom stereocenters. The van der Waals surface area contributed by atoms with Crippen LogP contribution in [0, 0.1) is 39.9 Å². The molecule has 2 aliphatic heterocycles. The van der Waals surface area contributed by atoms with Crippen LogP contribution in [0.4, 0.5) is 0 Å². The number of hydrogen-bond acceptors (Lipinski definition) is 5. The van der Waals surface area contributed by atoms with Gasteiger partial charge in [-0.3, -0.25) is 14.9 Å². The van der Waals surface area contributed by atoms with Gasteiger partial charge in [0.15, 0.2) is 0 Å². The van der Waals surface area contributed by atoms with Gasteiger partial charge in [0.1, 0.15) is 11.8 Å². The van der Waals surface area contributed by atoms with Gasteiger partial charge in [-0.25, -0.2) is 0 Å². The molecule has 2 saturated heterocycles. The molecule has 0 radical (unpaired) electrons. The minimum Gasteiger partial charge on any atom is -0.317 e. The zero-order valence-corrected chi connectivity index (χ0v) is 11.9. The first kappa shape index (κ1) is 16.1. The number of rotatable bonds is 0. The molecule has 108 valence electrons. The second-order valence-electron chi connectivity index (χ2n) is 5.61. The Labute approximate surface area is 119 Å². The van der Waals surface area contributed by atoms with Crippen LogP contribution >= 0.6 is 0 Å². The summed E-state index contributed by atoms with van der Waals surface area (Å²) in [5.74, 6) is -3.14. The molecule has 2 aliphatic rings. The fourth-order valence-corrected chi connectivity index (χ4v) is 2.36. The van der Waals surface area contributed by atoms with E-state index in [-0.39, 0.29) is 0 Å². The highest BCUT2D eigenvalue weighted by molar-refractivity contribution is 6.02. The number of amides is 2. The molecule has 0 aromatic rings. The van der Waals surface area contributed by atoms with Crippen LogP contribution in [0.15, 0.2) is 0 Å². The third kappa shape index (κ3) is 3.55. The second kappa shape index (κ2) is 7.02. The Kier molecular flexibility index (Phi) is 5.66. The molecule has 0 aromatic carbocycles. The Bertz CT molecular complexity index is 409. The lowest BCUT2D eigenvalue weighted by Crippen LogP contribution is -2.55. The molecule has 0 spiro atoms. The predicted molar refractivity (Wildman–Crippen MR) is 71.9 cm³/mol. The maximum Gasteiger partial charge on any atom is 0.244 e. The maximum atomic E-state index is 11.2. The van der Waals surface area contributed by atoms with E-state index < -0.39 is 29.1 Å². The van der Waals surface area contributed by atoms with Crippen molar-refractivity contribution in [2.45, 2.75) is 33.1 Å². The van der Waals surface area contributed by atoms with Crippen LogP contribution < -0.4 is 10.6 Å². The molecule has 2 heterocycles. The van der Waals surface area contributed by atoms with Gasteiger partial charge in [-0.15, -0.1) is 0 Å². The van der Waals surface area contributed by atoms with Gasteiger partial charge in [-0.2, -0.15) is 10.5 Å². The summed E-state index contributed by atoms with van der Waals surface area (Å²) in [5.41, 5.74) is -0.928. The summed E-state index contributed by atoms with van der Waals surface area (Å²) in [6.07, 6.45) is 4.22. The summed E-state index contributed by atoms with van der Waals surface area (Å²) in [6.45, 7) is 5.65. The Balaban J connectivity index is 0.000000276. The Morgan fingerprint density at radius 2 is 1.45 bits per heavy atom. The van der Waals surface area contributed by atoms with E-state index in [0.29, 0.717) is 0 Å². The van der Waals surface area contributed by atoms with Crippen molar-refractivity contribution < 1.29 is 9.59 Å². The number of carbonyl (C=O) groups excluding carboxylic acids is 2. The van der Waals surface area contributed by atoms with Gasteiger partial charge in [0, 0.05) is 5.41 Å². The molecule has 20 heavy (non-hydrogen) atoms. The van der Waals surface area contributed by atoms with Gasteiger partial charge in [-0.1, -0.05) is 20.3 Å². The molecular formula is C14H20N4O2. The first-order valence-corrected chi connectivity index (χ1v) is 6.79. The summed E-state index contributed by atoms with van der Waals surface area (Å²) >= 11 is 0. The maximum absolute atomic E-state index is 11.2. The second-order valence-corrected chi connectivity index (χ2v) is 5.61. The van der Waals surface area contributed by atoms with E-state index in [1.54, 1.807) is 13.8 Å². The molecule has 0 bridgehead atoms. The number of nitrogens with one attached hydrogen (secondary N) is 2. The first-order chi connectivity index (χ1) is 9.45. The standard InChI is InChI=1S/C9H9N3O2.C5H11N/c1-9(2)5(3-10)7(13)12-8(14)6(9)4-11;1-2-4-6-5-3-1/h5-6H,1-2H3,(H,12,13,14);6H,1-5H2. The van der Waals surface area contributed by atoms with Crippen LogP contribution in [0.2, 0.25) is 0 Å². The highest BCUT2D eigenvalue weighted by Gasteiger charge is 2.50. The number of nitriles is 2. The first-order valence-electron chi connectivity index (χ1n) is 6.79. The highest BCUT2D eigenvalue weighted by Crippen LogP contribution is 2.37. The molecule has 0 aromatic heterocycles. The largest absolute Gasteiger partial charge is 0.317 e. The van der Waals surface area contributed by atoms with Crippen molar-refractivity contribution in [3.05, 3.63) is 0 Å². The van der Waals surface area contributed by atoms with Crippen LogP contribution in [0.5, 0.6) is 0 Å². The highest BCUT2D eigenvalue weighted by atomic mass is 16.2. The quantitative estimate of drug-likeness (QED) is 0.634. The molecule has 2 amide bonds. The smallest absolute Gasteiger partial charge is 0.244 e. The Hall–Kier alpha value is -1.92. The molecule has 2 fully saturated rings. The van der Waals surface area contributed by atoms with Crippen molar-refractivity contribution in [1.82, 2.24) is 10.6 Å². The van der Waals surface area contributed by atoms with Crippen molar-refractivity contribution in [3.63, 3.8) is 0 Å². The minimum atomic E-state index is -0.954. The lowest BCUT2D eigenvalue weighted by molar-refractivity contribution is -0.143. The summed E-state index contributed by atoms with van der Waals surface area (Å²) in [7, 11) is 0. The molecule has 0 saturated carbocycles. The zero-order chi connectivity index (χ0) is 15.2. The number of nitrogens with zero attached hydrogens (tertiary/aromatic N) is 2. The van der Waals surface area contributed by atoms with Crippen molar-refractivity contribution in [1.29, 1.82) is 10.5 Å². The summed E-state index contributed by atoms with van der Waals surface area (Å²) < 4.78 is 0. The molecule has 6 heteroatoms. The number of piperidine rings is 2. The fourth-order valence-electron chi connectivity index (χ4n) is 2.36. The van der Waals surface area contributed by atoms with Gasteiger partial charge >= 0.3 is 0 Å². The fraction of sp³-hybridized carbons (Fsp3) is 0.714. The SMILES string of the molecule is C1CCNCC1.CC1(C)C(C#N)C(=O)NC(=O)C1C#N. The van der Waals surface area contributed by atoms with E-state index in [4.69, 9.17) is 10.5 Å². The number of imide groups is 1. The molecule has 2 rings (SSSR count). The third-order valence-electron chi connectivity index (χ3n) is 3.72. The van der Waals surface area contributed by atoms with Crippen molar-refractivity contribution in [2.24, 2.45) is 17.3 Å². The minimum absolute atomic E-state index is 0.617. The summed E-state index contributed by atoms with van der Waals surface area (Å²) in [5, 5.41) is 22.8. The molecule has 6 nitrogen and oxygen atoms in total. The average molecular weight is 276 g/mol. The van der Waals surface area contributed by atoms with Crippen LogP contribution in [-0.4, -0.2) is 24.9 Å². The van der Waals surface area contributed by atoms with Crippen molar-refractivity contribution in [3.8, 4) is 12.1 Å². The van der Waals surface area contributed by atoms with Gasteiger partial charge in [0.2, 0.25) is 11.8 Å². The predicted octanol–water partition coefficient (Wildman–Crippen LogP) is 0.708. The van der Waals surface area contributed by atoms with Crippen LogP contribution in [0.3, 0.4) is 0 Å². The van der Waals surface area contributed by atoms with E-state index in [1.165, 1.54) is 32.4 Å². The Morgan fingerprint density at radius 1 is 1.00 bits per heavy atom. The van der Waals surface area contributed by atoms with Crippen LogP contribution in [0.25, 0.3) is 0 Å². The van der Waals surface area contributed by atoms with Crippen LogP contribution in [-0.2, 0) is 9.59 Å². The normalized spacial score (nSPS) is 28.2. The monoisotopic (exact) mass is 276 g/mol.